The van der Waals surface area contributed by atoms with Gasteiger partial charge in [0.1, 0.15) is 11.5 Å². The molecule has 1 aromatic heterocycles. The van der Waals surface area contributed by atoms with E-state index >= 15 is 0 Å². The standard InChI is InChI=1S/C20H15NO/c1-15-7-9-17(10-8-15)20-12-11-19(22-20)13-18(14-21)16-5-3-2-4-6-16/h2-13H,1H3/b18-13-. The summed E-state index contributed by atoms with van der Waals surface area (Å²) in [5.41, 5.74) is 3.72. The maximum absolute atomic E-state index is 9.34. The first-order valence-corrected chi connectivity index (χ1v) is 7.10. The van der Waals surface area contributed by atoms with Gasteiger partial charge in [-0.1, -0.05) is 60.2 Å². The first-order chi connectivity index (χ1) is 10.8. The molecule has 22 heavy (non-hydrogen) atoms. The summed E-state index contributed by atoms with van der Waals surface area (Å²) in [6, 6.07) is 23.8. The van der Waals surface area contributed by atoms with Crippen LogP contribution >= 0.6 is 0 Å². The van der Waals surface area contributed by atoms with Crippen LogP contribution in [0.5, 0.6) is 0 Å². The highest BCUT2D eigenvalue weighted by Gasteiger charge is 2.05. The molecule has 0 N–H and O–H groups in total. The zero-order valence-corrected chi connectivity index (χ0v) is 12.3. The van der Waals surface area contributed by atoms with E-state index in [0.717, 1.165) is 16.9 Å². The Balaban J connectivity index is 1.92. The summed E-state index contributed by atoms with van der Waals surface area (Å²) in [5.74, 6) is 1.48. The number of aryl methyl sites for hydroxylation is 1. The quantitative estimate of drug-likeness (QED) is 0.611. The van der Waals surface area contributed by atoms with Gasteiger partial charge in [0.15, 0.2) is 0 Å². The smallest absolute Gasteiger partial charge is 0.134 e. The van der Waals surface area contributed by atoms with Crippen LogP contribution < -0.4 is 0 Å². The predicted molar refractivity (Wildman–Crippen MR) is 88.8 cm³/mol. The van der Waals surface area contributed by atoms with Gasteiger partial charge in [0, 0.05) is 5.56 Å². The van der Waals surface area contributed by atoms with Crippen molar-refractivity contribution in [1.82, 2.24) is 0 Å². The largest absolute Gasteiger partial charge is 0.457 e. The van der Waals surface area contributed by atoms with Crippen molar-refractivity contribution in [2.75, 3.05) is 0 Å². The van der Waals surface area contributed by atoms with Gasteiger partial charge in [-0.25, -0.2) is 0 Å². The number of nitriles is 1. The van der Waals surface area contributed by atoms with Crippen molar-refractivity contribution in [2.45, 2.75) is 6.92 Å². The highest BCUT2D eigenvalue weighted by Crippen LogP contribution is 2.25. The normalized spacial score (nSPS) is 11.2. The average Bonchev–Trinajstić information content (AvgIpc) is 3.03. The van der Waals surface area contributed by atoms with Crippen LogP contribution in [0, 0.1) is 18.3 Å². The molecule has 0 bridgehead atoms. The van der Waals surface area contributed by atoms with Crippen molar-refractivity contribution in [3.8, 4) is 17.4 Å². The lowest BCUT2D eigenvalue weighted by Gasteiger charge is -1.98. The lowest BCUT2D eigenvalue weighted by molar-refractivity contribution is 0.572. The third-order valence-electron chi connectivity index (χ3n) is 3.45. The summed E-state index contributed by atoms with van der Waals surface area (Å²) in [6.45, 7) is 2.05. The minimum Gasteiger partial charge on any atom is -0.457 e. The molecular formula is C20H15NO. The maximum atomic E-state index is 9.34. The molecule has 0 atom stereocenters. The Hall–Kier alpha value is -3.05. The third-order valence-corrected chi connectivity index (χ3v) is 3.45. The summed E-state index contributed by atoms with van der Waals surface area (Å²) in [4.78, 5) is 0. The second kappa shape index (κ2) is 6.15. The second-order valence-electron chi connectivity index (χ2n) is 5.10. The lowest BCUT2D eigenvalue weighted by atomic mass is 10.1. The van der Waals surface area contributed by atoms with E-state index in [1.165, 1.54) is 5.56 Å². The fraction of sp³-hybridized carbons (Fsp3) is 0.0500. The Kier molecular flexibility index (Phi) is 3.89. The topological polar surface area (TPSA) is 36.9 Å². The fourth-order valence-electron chi connectivity index (χ4n) is 2.24. The van der Waals surface area contributed by atoms with E-state index in [9.17, 15) is 5.26 Å². The molecular weight excluding hydrogens is 270 g/mol. The van der Waals surface area contributed by atoms with Crippen molar-refractivity contribution in [3.63, 3.8) is 0 Å². The number of hydrogen-bond donors (Lipinski definition) is 0. The van der Waals surface area contributed by atoms with Crippen molar-refractivity contribution in [3.05, 3.63) is 83.6 Å². The monoisotopic (exact) mass is 285 g/mol. The molecule has 2 nitrogen and oxygen atoms in total. The van der Waals surface area contributed by atoms with Crippen LogP contribution in [0.25, 0.3) is 23.0 Å². The van der Waals surface area contributed by atoms with Crippen molar-refractivity contribution < 1.29 is 4.42 Å². The fourth-order valence-corrected chi connectivity index (χ4v) is 2.24. The highest BCUT2D eigenvalue weighted by atomic mass is 16.3. The molecule has 0 aliphatic carbocycles. The Labute approximate surface area is 130 Å². The number of furan rings is 1. The molecule has 0 spiro atoms. The molecule has 0 saturated heterocycles. The summed E-state index contributed by atoms with van der Waals surface area (Å²) in [6.07, 6.45) is 1.77. The van der Waals surface area contributed by atoms with E-state index in [4.69, 9.17) is 4.42 Å². The summed E-state index contributed by atoms with van der Waals surface area (Å²) < 4.78 is 5.84. The zero-order valence-electron chi connectivity index (χ0n) is 12.3. The summed E-state index contributed by atoms with van der Waals surface area (Å²) in [5, 5.41) is 9.34. The van der Waals surface area contributed by atoms with Gasteiger partial charge in [0.2, 0.25) is 0 Å². The Morgan fingerprint density at radius 1 is 0.955 bits per heavy atom. The molecule has 0 amide bonds. The number of rotatable bonds is 3. The van der Waals surface area contributed by atoms with Crippen LogP contribution in [-0.2, 0) is 0 Å². The summed E-state index contributed by atoms with van der Waals surface area (Å²) in [7, 11) is 0. The predicted octanol–water partition coefficient (Wildman–Crippen LogP) is 5.32. The highest BCUT2D eigenvalue weighted by molar-refractivity contribution is 5.88. The van der Waals surface area contributed by atoms with Gasteiger partial charge >= 0.3 is 0 Å². The van der Waals surface area contributed by atoms with E-state index in [-0.39, 0.29) is 0 Å². The average molecular weight is 285 g/mol. The molecule has 0 fully saturated rings. The van der Waals surface area contributed by atoms with Crippen LogP contribution in [0.2, 0.25) is 0 Å². The van der Waals surface area contributed by atoms with Crippen LogP contribution in [0.4, 0.5) is 0 Å². The second-order valence-corrected chi connectivity index (χ2v) is 5.10. The van der Waals surface area contributed by atoms with Crippen molar-refractivity contribution in [2.24, 2.45) is 0 Å². The molecule has 0 aliphatic rings. The Morgan fingerprint density at radius 2 is 1.68 bits per heavy atom. The molecule has 3 rings (SSSR count). The first kappa shape index (κ1) is 13.9. The van der Waals surface area contributed by atoms with E-state index in [0.29, 0.717) is 11.3 Å². The van der Waals surface area contributed by atoms with Gasteiger partial charge in [-0.05, 0) is 30.7 Å². The molecule has 106 valence electrons. The number of nitrogens with zero attached hydrogens (tertiary/aromatic N) is 1. The van der Waals surface area contributed by atoms with Crippen LogP contribution in [0.3, 0.4) is 0 Å². The lowest BCUT2D eigenvalue weighted by Crippen LogP contribution is -1.79. The zero-order chi connectivity index (χ0) is 15.4. The van der Waals surface area contributed by atoms with Crippen LogP contribution in [0.15, 0.2) is 71.1 Å². The van der Waals surface area contributed by atoms with Gasteiger partial charge < -0.3 is 4.42 Å². The van der Waals surface area contributed by atoms with Crippen LogP contribution in [-0.4, -0.2) is 0 Å². The SMILES string of the molecule is Cc1ccc(-c2ccc(/C=C(/C#N)c3ccccc3)o2)cc1. The van der Waals surface area contributed by atoms with Crippen molar-refractivity contribution in [1.29, 1.82) is 5.26 Å². The first-order valence-electron chi connectivity index (χ1n) is 7.10. The number of hydrogen-bond acceptors (Lipinski definition) is 2. The number of allylic oxidation sites excluding steroid dienone is 1. The van der Waals surface area contributed by atoms with E-state index in [1.807, 2.05) is 54.6 Å². The Bertz CT molecular complexity index is 833. The molecule has 2 aromatic carbocycles. The molecule has 1 heterocycles. The van der Waals surface area contributed by atoms with Gasteiger partial charge in [-0.3, -0.25) is 0 Å². The minimum absolute atomic E-state index is 0.588. The van der Waals surface area contributed by atoms with Crippen molar-refractivity contribution >= 4 is 11.6 Å². The van der Waals surface area contributed by atoms with E-state index < -0.39 is 0 Å². The molecule has 0 saturated carbocycles. The molecule has 0 radical (unpaired) electrons. The molecule has 3 aromatic rings. The third kappa shape index (κ3) is 2.99. The summed E-state index contributed by atoms with van der Waals surface area (Å²) >= 11 is 0. The molecule has 2 heteroatoms. The van der Waals surface area contributed by atoms with E-state index in [2.05, 4.69) is 25.1 Å². The van der Waals surface area contributed by atoms with Gasteiger partial charge in [-0.15, -0.1) is 0 Å². The maximum Gasteiger partial charge on any atom is 0.134 e. The minimum atomic E-state index is 0.588. The Morgan fingerprint density at radius 3 is 2.36 bits per heavy atom. The van der Waals surface area contributed by atoms with Gasteiger partial charge in [-0.2, -0.15) is 5.26 Å². The van der Waals surface area contributed by atoms with Gasteiger partial charge in [0.25, 0.3) is 0 Å². The number of benzene rings is 2. The molecule has 0 aliphatic heterocycles. The van der Waals surface area contributed by atoms with Crippen LogP contribution in [0.1, 0.15) is 16.9 Å². The van der Waals surface area contributed by atoms with Gasteiger partial charge in [0.05, 0.1) is 11.6 Å². The van der Waals surface area contributed by atoms with E-state index in [1.54, 1.807) is 6.08 Å². The molecule has 0 unspecified atom stereocenters.